The number of rotatable bonds is 9. The van der Waals surface area contributed by atoms with Crippen LogP contribution in [0.25, 0.3) is 0 Å². The van der Waals surface area contributed by atoms with E-state index >= 15 is 4.39 Å². The molecule has 1 unspecified atom stereocenters. The maximum atomic E-state index is 15.3. The smallest absolute Gasteiger partial charge is 0.410 e. The lowest BCUT2D eigenvalue weighted by atomic mass is 10.1. The molecule has 1 aliphatic rings. The molecule has 0 spiro atoms. The molecule has 2 aromatic rings. The van der Waals surface area contributed by atoms with Crippen LogP contribution in [0.4, 0.5) is 20.6 Å². The third-order valence-corrected chi connectivity index (χ3v) is 6.41. The molecule has 7 nitrogen and oxygen atoms in total. The number of carbonyl (C=O) groups is 2. The molecule has 1 fully saturated rings. The van der Waals surface area contributed by atoms with Crippen LogP contribution in [0.1, 0.15) is 65.7 Å². The summed E-state index contributed by atoms with van der Waals surface area (Å²) < 4.78 is 26.4. The summed E-state index contributed by atoms with van der Waals surface area (Å²) in [5, 5.41) is 0. The standard InChI is InChI=1S/C29H40FN3O4.H2/c1-7-9-18-36-24-13-10-21(11-14-24)27(34)33(8-2)22-12-15-26(25(30)19-22)32-17-16-23(20-32)31(6)28(35)37-29(3,4)5;/h10-15,19,23H,7-9,16-18,20H2,1-6H3;1H. The average molecular weight is 516 g/mol. The maximum Gasteiger partial charge on any atom is 0.410 e. The minimum atomic E-state index is -0.571. The van der Waals surface area contributed by atoms with Gasteiger partial charge in [0.2, 0.25) is 0 Å². The van der Waals surface area contributed by atoms with Gasteiger partial charge in [-0.3, -0.25) is 4.79 Å². The molecule has 3 rings (SSSR count). The van der Waals surface area contributed by atoms with Crippen molar-refractivity contribution in [3.63, 3.8) is 0 Å². The minimum absolute atomic E-state index is 0. The van der Waals surface area contributed by atoms with E-state index in [0.29, 0.717) is 49.6 Å². The Kier molecular flexibility index (Phi) is 9.40. The first-order valence-electron chi connectivity index (χ1n) is 13.1. The summed E-state index contributed by atoms with van der Waals surface area (Å²) >= 11 is 0. The third-order valence-electron chi connectivity index (χ3n) is 6.41. The monoisotopic (exact) mass is 515 g/mol. The number of halogens is 1. The van der Waals surface area contributed by atoms with Gasteiger partial charge in [-0.15, -0.1) is 0 Å². The molecule has 0 bridgehead atoms. The molecule has 8 heteroatoms. The van der Waals surface area contributed by atoms with Crippen LogP contribution in [-0.2, 0) is 4.74 Å². The lowest BCUT2D eigenvalue weighted by Gasteiger charge is -2.29. The highest BCUT2D eigenvalue weighted by atomic mass is 19.1. The molecule has 0 radical (unpaired) electrons. The first-order valence-corrected chi connectivity index (χ1v) is 13.1. The predicted molar refractivity (Wildman–Crippen MR) is 147 cm³/mol. The lowest BCUT2D eigenvalue weighted by molar-refractivity contribution is 0.0237. The maximum absolute atomic E-state index is 15.3. The second-order valence-corrected chi connectivity index (χ2v) is 10.4. The number of hydrogen-bond donors (Lipinski definition) is 0. The summed E-state index contributed by atoms with van der Waals surface area (Å²) in [7, 11) is 1.72. The minimum Gasteiger partial charge on any atom is -0.494 e. The highest BCUT2D eigenvalue weighted by Crippen LogP contribution is 2.30. The average Bonchev–Trinajstić information content (AvgIpc) is 3.33. The SMILES string of the molecule is CCCCOc1ccc(C(=O)N(CC)c2ccc(N3CCC(N(C)C(=O)OC(C)(C)C)C3)c(F)c2)cc1.[HH]. The second kappa shape index (κ2) is 12.3. The van der Waals surface area contributed by atoms with Gasteiger partial charge < -0.3 is 24.2 Å². The third kappa shape index (κ3) is 7.37. The van der Waals surface area contributed by atoms with Gasteiger partial charge in [-0.05, 0) is 83.0 Å². The molecule has 1 aliphatic heterocycles. The normalized spacial score (nSPS) is 15.4. The number of anilines is 2. The van der Waals surface area contributed by atoms with Gasteiger partial charge in [0.25, 0.3) is 5.91 Å². The van der Waals surface area contributed by atoms with E-state index in [4.69, 9.17) is 9.47 Å². The van der Waals surface area contributed by atoms with Gasteiger partial charge in [-0.25, -0.2) is 9.18 Å². The van der Waals surface area contributed by atoms with E-state index in [1.165, 1.54) is 6.07 Å². The predicted octanol–water partition coefficient (Wildman–Crippen LogP) is 6.36. The van der Waals surface area contributed by atoms with Gasteiger partial charge in [0, 0.05) is 39.4 Å². The Hall–Kier alpha value is -3.29. The molecule has 2 aromatic carbocycles. The van der Waals surface area contributed by atoms with E-state index < -0.39 is 11.4 Å². The van der Waals surface area contributed by atoms with Crippen molar-refractivity contribution < 1.29 is 24.9 Å². The molecule has 0 aliphatic carbocycles. The van der Waals surface area contributed by atoms with Crippen molar-refractivity contribution >= 4 is 23.4 Å². The van der Waals surface area contributed by atoms with E-state index in [0.717, 1.165) is 18.6 Å². The van der Waals surface area contributed by atoms with Gasteiger partial charge >= 0.3 is 6.09 Å². The van der Waals surface area contributed by atoms with Gasteiger partial charge in [-0.2, -0.15) is 0 Å². The van der Waals surface area contributed by atoms with Gasteiger partial charge in [0.05, 0.1) is 18.3 Å². The Morgan fingerprint density at radius 1 is 1.14 bits per heavy atom. The topological polar surface area (TPSA) is 62.3 Å². The van der Waals surface area contributed by atoms with Crippen LogP contribution in [0, 0.1) is 5.82 Å². The highest BCUT2D eigenvalue weighted by molar-refractivity contribution is 6.06. The van der Waals surface area contributed by atoms with Crippen LogP contribution in [-0.4, -0.2) is 61.8 Å². The number of benzene rings is 2. The number of ether oxygens (including phenoxy) is 2. The zero-order chi connectivity index (χ0) is 27.2. The molecule has 0 aromatic heterocycles. The zero-order valence-electron chi connectivity index (χ0n) is 22.9. The molecule has 204 valence electrons. The molecular formula is C29H42FN3O4. The number of likely N-dealkylation sites (N-methyl/N-ethyl adjacent to an activating group) is 1. The summed E-state index contributed by atoms with van der Waals surface area (Å²) in [5.74, 6) is 0.128. The van der Waals surface area contributed by atoms with E-state index in [1.807, 2.05) is 32.6 Å². The van der Waals surface area contributed by atoms with E-state index in [1.54, 1.807) is 53.2 Å². The van der Waals surface area contributed by atoms with Crippen LogP contribution in [0.5, 0.6) is 5.75 Å². The van der Waals surface area contributed by atoms with Gasteiger partial charge in [-0.1, -0.05) is 13.3 Å². The molecule has 0 N–H and O–H groups in total. The summed E-state index contributed by atoms with van der Waals surface area (Å²) in [6.07, 6.45) is 2.37. The van der Waals surface area contributed by atoms with Crippen molar-refractivity contribution in [2.24, 2.45) is 0 Å². The van der Waals surface area contributed by atoms with Crippen molar-refractivity contribution in [1.82, 2.24) is 4.90 Å². The zero-order valence-corrected chi connectivity index (χ0v) is 22.9. The number of nitrogens with zero attached hydrogens (tertiary/aromatic N) is 3. The molecule has 1 heterocycles. The summed E-state index contributed by atoms with van der Waals surface area (Å²) in [6.45, 7) is 11.6. The quantitative estimate of drug-likeness (QED) is 0.364. The second-order valence-electron chi connectivity index (χ2n) is 10.4. The summed E-state index contributed by atoms with van der Waals surface area (Å²) in [5.41, 5.74) is 0.903. The van der Waals surface area contributed by atoms with Crippen LogP contribution in [0.2, 0.25) is 0 Å². The molecule has 2 amide bonds. The Morgan fingerprint density at radius 2 is 1.84 bits per heavy atom. The van der Waals surface area contributed by atoms with Gasteiger partial charge in [0.15, 0.2) is 0 Å². The number of amides is 2. The molecule has 1 atom stereocenters. The Bertz CT molecular complexity index is 1070. The van der Waals surface area contributed by atoms with Crippen molar-refractivity contribution in [2.45, 2.75) is 65.5 Å². The van der Waals surface area contributed by atoms with Crippen molar-refractivity contribution in [1.29, 1.82) is 0 Å². The molecular weight excluding hydrogens is 473 g/mol. The van der Waals surface area contributed by atoms with Crippen LogP contribution in [0.3, 0.4) is 0 Å². The number of carbonyl (C=O) groups excluding carboxylic acids is 2. The fraction of sp³-hybridized carbons (Fsp3) is 0.517. The van der Waals surface area contributed by atoms with Gasteiger partial charge in [0.1, 0.15) is 17.2 Å². The van der Waals surface area contributed by atoms with E-state index in [-0.39, 0.29) is 19.5 Å². The largest absolute Gasteiger partial charge is 0.494 e. The van der Waals surface area contributed by atoms with Crippen LogP contribution in [0.15, 0.2) is 42.5 Å². The highest BCUT2D eigenvalue weighted by Gasteiger charge is 2.32. The fourth-order valence-electron chi connectivity index (χ4n) is 4.31. The summed E-state index contributed by atoms with van der Waals surface area (Å²) in [4.78, 5) is 30.7. The Morgan fingerprint density at radius 3 is 2.43 bits per heavy atom. The number of unbranched alkanes of at least 4 members (excludes halogenated alkanes) is 1. The van der Waals surface area contributed by atoms with Crippen LogP contribution < -0.4 is 14.5 Å². The van der Waals surface area contributed by atoms with Crippen molar-refractivity contribution in [3.05, 3.63) is 53.8 Å². The Balaban J connectivity index is 0.00000507. The fourth-order valence-corrected chi connectivity index (χ4v) is 4.31. The lowest BCUT2D eigenvalue weighted by Crippen LogP contribution is -2.42. The molecule has 1 saturated heterocycles. The summed E-state index contributed by atoms with van der Waals surface area (Å²) in [6, 6.07) is 11.9. The van der Waals surface area contributed by atoms with E-state index in [2.05, 4.69) is 6.92 Å². The van der Waals surface area contributed by atoms with Crippen LogP contribution >= 0.6 is 0 Å². The van der Waals surface area contributed by atoms with E-state index in [9.17, 15) is 9.59 Å². The molecule has 37 heavy (non-hydrogen) atoms. The first-order chi connectivity index (χ1) is 17.5. The van der Waals surface area contributed by atoms with Crippen molar-refractivity contribution in [3.8, 4) is 5.75 Å². The van der Waals surface area contributed by atoms with Crippen molar-refractivity contribution in [2.75, 3.05) is 43.1 Å². The first kappa shape index (κ1) is 28.3. The molecule has 0 saturated carbocycles. The number of hydrogen-bond acceptors (Lipinski definition) is 5. The Labute approximate surface area is 221 Å².